The van der Waals surface area contributed by atoms with E-state index in [1.165, 1.54) is 49.4 Å². The molecule has 0 heterocycles. The monoisotopic (exact) mass is 354 g/mol. The van der Waals surface area contributed by atoms with E-state index in [2.05, 4.69) is 10.1 Å². The van der Waals surface area contributed by atoms with Crippen molar-refractivity contribution in [1.29, 1.82) is 0 Å². The quantitative estimate of drug-likeness (QED) is 0.647. The van der Waals surface area contributed by atoms with Gasteiger partial charge in [-0.1, -0.05) is 18.2 Å². The number of para-hydroxylation sites is 2. The zero-order valence-electron chi connectivity index (χ0n) is 13.0. The van der Waals surface area contributed by atoms with Gasteiger partial charge in [0.05, 0.1) is 10.6 Å². The molecule has 2 rings (SSSR count). The zero-order valence-corrected chi connectivity index (χ0v) is 13.0. The molecule has 0 radical (unpaired) electrons. The number of anilines is 1. The lowest BCUT2D eigenvalue weighted by Crippen LogP contribution is -2.20. The van der Waals surface area contributed by atoms with Crippen molar-refractivity contribution >= 4 is 17.3 Å². The van der Waals surface area contributed by atoms with Crippen LogP contribution in [0.5, 0.6) is 5.75 Å². The Morgan fingerprint density at radius 1 is 1.20 bits per heavy atom. The van der Waals surface area contributed by atoms with Gasteiger partial charge in [0, 0.05) is 17.2 Å². The van der Waals surface area contributed by atoms with E-state index in [1.54, 1.807) is 0 Å². The molecule has 0 atom stereocenters. The molecule has 0 saturated heterocycles. The normalized spacial score (nSPS) is 11.0. The van der Waals surface area contributed by atoms with Crippen LogP contribution >= 0.6 is 0 Å². The van der Waals surface area contributed by atoms with E-state index in [0.29, 0.717) is 0 Å². The van der Waals surface area contributed by atoms with Gasteiger partial charge >= 0.3 is 6.18 Å². The minimum absolute atomic E-state index is 0.0302. The van der Waals surface area contributed by atoms with Crippen LogP contribution in [0.2, 0.25) is 0 Å². The third-order valence-electron chi connectivity index (χ3n) is 3.27. The Morgan fingerprint density at radius 3 is 2.52 bits per heavy atom. The molecule has 0 fully saturated rings. The number of hydrogen-bond acceptors (Lipinski definition) is 4. The molecular formula is C16H13F3N2O4. The molecule has 0 bridgehead atoms. The smallest absolute Gasteiger partial charge is 0.422 e. The first kappa shape index (κ1) is 18.2. The summed E-state index contributed by atoms with van der Waals surface area (Å²) in [5, 5.41) is 13.4. The Kier molecular flexibility index (Phi) is 5.26. The molecule has 0 aliphatic heterocycles. The van der Waals surface area contributed by atoms with Crippen LogP contribution in [0.25, 0.3) is 0 Å². The van der Waals surface area contributed by atoms with E-state index in [-0.39, 0.29) is 28.3 Å². The summed E-state index contributed by atoms with van der Waals surface area (Å²) in [6.45, 7) is -0.0885. The van der Waals surface area contributed by atoms with Gasteiger partial charge in [-0.15, -0.1) is 0 Å². The van der Waals surface area contributed by atoms with Gasteiger partial charge in [-0.3, -0.25) is 14.9 Å². The Labute approximate surface area is 140 Å². The first-order chi connectivity index (χ1) is 11.7. The van der Waals surface area contributed by atoms with Gasteiger partial charge in [0.1, 0.15) is 5.75 Å². The Bertz CT molecular complexity index is 806. The van der Waals surface area contributed by atoms with E-state index in [1.807, 2.05) is 0 Å². The van der Waals surface area contributed by atoms with Crippen molar-refractivity contribution in [2.24, 2.45) is 0 Å². The molecule has 0 aliphatic rings. The summed E-state index contributed by atoms with van der Waals surface area (Å²) >= 11 is 0. The molecule has 9 heteroatoms. The van der Waals surface area contributed by atoms with Crippen molar-refractivity contribution in [3.05, 3.63) is 63.7 Å². The Hall–Kier alpha value is -3.10. The van der Waals surface area contributed by atoms with Crippen LogP contribution in [0, 0.1) is 17.0 Å². The second-order valence-corrected chi connectivity index (χ2v) is 5.06. The van der Waals surface area contributed by atoms with Crippen LogP contribution in [0.3, 0.4) is 0 Å². The predicted molar refractivity (Wildman–Crippen MR) is 83.8 cm³/mol. The summed E-state index contributed by atoms with van der Waals surface area (Å²) in [7, 11) is 0. The van der Waals surface area contributed by atoms with Crippen molar-refractivity contribution in [2.75, 3.05) is 11.9 Å². The molecule has 0 aliphatic carbocycles. The molecule has 0 unspecified atom stereocenters. The van der Waals surface area contributed by atoms with Crippen LogP contribution in [0.4, 0.5) is 24.5 Å². The number of nitrogens with zero attached hydrogens (tertiary/aromatic N) is 1. The fraction of sp³-hybridized carbons (Fsp3) is 0.188. The lowest BCUT2D eigenvalue weighted by Gasteiger charge is -2.14. The van der Waals surface area contributed by atoms with Gasteiger partial charge in [-0.25, -0.2) is 0 Å². The first-order valence-corrected chi connectivity index (χ1v) is 7.03. The highest BCUT2D eigenvalue weighted by molar-refractivity contribution is 6.06. The summed E-state index contributed by atoms with van der Waals surface area (Å²) in [6.07, 6.45) is -4.52. The fourth-order valence-electron chi connectivity index (χ4n) is 2.11. The standard InChI is InChI=1S/C16H13F3N2O4/c1-10-11(5-4-7-13(10)21(23)24)15(22)20-12-6-2-3-8-14(12)25-9-16(17,18)19/h2-8H,9H2,1H3,(H,20,22). The lowest BCUT2D eigenvalue weighted by atomic mass is 10.1. The van der Waals surface area contributed by atoms with Gasteiger partial charge in [0.25, 0.3) is 11.6 Å². The molecule has 1 amide bonds. The third kappa shape index (κ3) is 4.69. The molecule has 25 heavy (non-hydrogen) atoms. The maximum absolute atomic E-state index is 12.4. The van der Waals surface area contributed by atoms with Crippen LogP contribution in [0.1, 0.15) is 15.9 Å². The maximum Gasteiger partial charge on any atom is 0.422 e. The highest BCUT2D eigenvalue weighted by Gasteiger charge is 2.29. The maximum atomic E-state index is 12.4. The number of ether oxygens (including phenoxy) is 1. The summed E-state index contributed by atoms with van der Waals surface area (Å²) < 4.78 is 41.6. The van der Waals surface area contributed by atoms with Crippen LogP contribution in [-0.2, 0) is 0 Å². The summed E-state index contributed by atoms with van der Waals surface area (Å²) in [5.41, 5.74) is -0.00423. The van der Waals surface area contributed by atoms with Crippen LogP contribution in [0.15, 0.2) is 42.5 Å². The number of alkyl halides is 3. The number of carbonyl (C=O) groups excluding carboxylic acids is 1. The SMILES string of the molecule is Cc1c(C(=O)Nc2ccccc2OCC(F)(F)F)cccc1[N+](=O)[O-]. The number of nitro groups is 1. The highest BCUT2D eigenvalue weighted by Crippen LogP contribution is 2.28. The van der Waals surface area contributed by atoms with Crippen molar-refractivity contribution in [2.45, 2.75) is 13.1 Å². The number of benzene rings is 2. The topological polar surface area (TPSA) is 81.5 Å². The van der Waals surface area contributed by atoms with E-state index in [4.69, 9.17) is 0 Å². The van der Waals surface area contributed by atoms with Crippen molar-refractivity contribution in [1.82, 2.24) is 0 Å². The molecule has 1 N–H and O–H groups in total. The van der Waals surface area contributed by atoms with Gasteiger partial charge in [0.2, 0.25) is 0 Å². The minimum atomic E-state index is -4.52. The van der Waals surface area contributed by atoms with Gasteiger partial charge in [-0.2, -0.15) is 13.2 Å². The number of halogens is 3. The number of hydrogen-bond donors (Lipinski definition) is 1. The third-order valence-corrected chi connectivity index (χ3v) is 3.27. The van der Waals surface area contributed by atoms with Gasteiger partial charge in [0.15, 0.2) is 6.61 Å². The lowest BCUT2D eigenvalue weighted by molar-refractivity contribution is -0.385. The molecule has 0 spiro atoms. The fourth-order valence-corrected chi connectivity index (χ4v) is 2.11. The molecule has 6 nitrogen and oxygen atoms in total. The number of nitrogens with one attached hydrogen (secondary N) is 1. The molecule has 0 saturated carbocycles. The van der Waals surface area contributed by atoms with Crippen molar-refractivity contribution in [3.8, 4) is 5.75 Å². The summed E-state index contributed by atoms with van der Waals surface area (Å²) in [6, 6.07) is 9.61. The average Bonchev–Trinajstić information content (AvgIpc) is 2.53. The Morgan fingerprint density at radius 2 is 1.88 bits per heavy atom. The van der Waals surface area contributed by atoms with Crippen molar-refractivity contribution < 1.29 is 27.6 Å². The molecule has 2 aromatic rings. The number of carbonyl (C=O) groups is 1. The first-order valence-electron chi connectivity index (χ1n) is 7.03. The molecule has 132 valence electrons. The van der Waals surface area contributed by atoms with E-state index < -0.39 is 23.6 Å². The molecular weight excluding hydrogens is 341 g/mol. The van der Waals surface area contributed by atoms with E-state index in [0.717, 1.165) is 0 Å². The number of nitro benzene ring substituents is 1. The summed E-state index contributed by atoms with van der Waals surface area (Å²) in [4.78, 5) is 22.7. The van der Waals surface area contributed by atoms with Gasteiger partial charge in [-0.05, 0) is 25.1 Å². The van der Waals surface area contributed by atoms with E-state index in [9.17, 15) is 28.1 Å². The van der Waals surface area contributed by atoms with Gasteiger partial charge < -0.3 is 10.1 Å². The van der Waals surface area contributed by atoms with E-state index >= 15 is 0 Å². The summed E-state index contributed by atoms with van der Waals surface area (Å²) in [5.74, 6) is -0.847. The number of amides is 1. The van der Waals surface area contributed by atoms with Crippen molar-refractivity contribution in [3.63, 3.8) is 0 Å². The molecule has 2 aromatic carbocycles. The predicted octanol–water partition coefficient (Wildman–Crippen LogP) is 4.10. The Balaban J connectivity index is 2.25. The number of rotatable bonds is 5. The average molecular weight is 354 g/mol. The minimum Gasteiger partial charge on any atom is -0.482 e. The van der Waals surface area contributed by atoms with Crippen LogP contribution in [-0.4, -0.2) is 23.6 Å². The molecule has 0 aromatic heterocycles. The van der Waals surface area contributed by atoms with Crippen LogP contribution < -0.4 is 10.1 Å². The zero-order chi connectivity index (χ0) is 18.6. The second kappa shape index (κ2) is 7.20. The largest absolute Gasteiger partial charge is 0.482 e. The highest BCUT2D eigenvalue weighted by atomic mass is 19.4. The second-order valence-electron chi connectivity index (χ2n) is 5.06.